The average molecular weight is 718 g/mol. The van der Waals surface area contributed by atoms with Crippen LogP contribution in [-0.4, -0.2) is 95.2 Å². The van der Waals surface area contributed by atoms with Gasteiger partial charge in [0.25, 0.3) is 5.91 Å². The summed E-state index contributed by atoms with van der Waals surface area (Å²) in [6, 6.07) is 6.02. The number of benzene rings is 2. The minimum atomic E-state index is -1.57. The molecule has 12 N–H and O–H groups in total. The van der Waals surface area contributed by atoms with Crippen molar-refractivity contribution < 1.29 is 38.7 Å². The molecule has 1 aliphatic rings. The molecule has 264 valence electrons. The quantitative estimate of drug-likeness (QED) is 0.0699. The zero-order valence-corrected chi connectivity index (χ0v) is 28.0. The summed E-state index contributed by atoms with van der Waals surface area (Å²) in [4.78, 5) is 93.0. The molecule has 0 radical (unpaired) electrons. The van der Waals surface area contributed by atoms with Crippen LogP contribution in [0.2, 0.25) is 0 Å². The number of fused-ring (bicyclic) bond motifs is 4. The maximum Gasteiger partial charge on any atom is 0.305 e. The fourth-order valence-electron chi connectivity index (χ4n) is 4.66. The summed E-state index contributed by atoms with van der Waals surface area (Å²) in [7, 11) is 2.48. The highest BCUT2D eigenvalue weighted by Gasteiger charge is 2.27. The maximum absolute atomic E-state index is 13.4. The number of unbranched alkanes of at least 4 members (excludes halogenated alkanes) is 1. The number of nitrogens with one attached hydrogen (secondary N) is 5. The van der Waals surface area contributed by atoms with E-state index >= 15 is 0 Å². The number of guanidine groups is 1. The lowest BCUT2D eigenvalue weighted by molar-refractivity contribution is -0.140. The van der Waals surface area contributed by atoms with Gasteiger partial charge in [0.1, 0.15) is 18.1 Å². The zero-order chi connectivity index (χ0) is 35.9. The van der Waals surface area contributed by atoms with Gasteiger partial charge >= 0.3 is 5.97 Å². The van der Waals surface area contributed by atoms with Gasteiger partial charge in [-0.05, 0) is 42.2 Å². The number of anilines is 1. The second-order valence-electron chi connectivity index (χ2n) is 10.9. The van der Waals surface area contributed by atoms with E-state index < -0.39 is 72.5 Å². The summed E-state index contributed by atoms with van der Waals surface area (Å²) in [5.41, 5.74) is 16.5. The Balaban J connectivity index is 1.89. The molecule has 2 aromatic carbocycles. The number of aliphatic imine (C=N–C) groups is 1. The standard InChI is InChI=1S/C30H39N9O8S2/c31-26(44)22-15-49-48-10-8-23(40)37-20(7-3-4-9-34-30(32)33)28(46)35-14-24(41)38-21(13-25(42)43)29(47)36-17-11-16-5-1-2-6-18(16)19(12-17)27(45)39-22/h1-2,5-6,11-12,20-22H,3-4,7-10,13-15H2,(H2,31,44)(H,35,46)(H,36,47)(H,37,40)(H,38,41)(H,39,45)(H,42,43)(H4,32,33,34). The van der Waals surface area contributed by atoms with Gasteiger partial charge in [0, 0.05) is 35.7 Å². The monoisotopic (exact) mass is 717 g/mol. The second kappa shape index (κ2) is 19.1. The highest BCUT2D eigenvalue weighted by molar-refractivity contribution is 8.76. The predicted octanol–water partition coefficient (Wildman–Crippen LogP) is -0.849. The molecule has 1 heterocycles. The summed E-state index contributed by atoms with van der Waals surface area (Å²) >= 11 is 0. The molecule has 3 unspecified atom stereocenters. The van der Waals surface area contributed by atoms with Gasteiger partial charge in [0.2, 0.25) is 29.5 Å². The number of carboxylic acid groups (broad SMARTS) is 1. The zero-order valence-electron chi connectivity index (χ0n) is 26.4. The van der Waals surface area contributed by atoms with E-state index in [1.807, 2.05) is 0 Å². The normalized spacial score (nSPS) is 20.2. The number of nitrogens with two attached hydrogens (primary N) is 3. The number of primary amides is 1. The number of nitrogens with zero attached hydrogens (tertiary/aromatic N) is 1. The molecule has 0 saturated heterocycles. The van der Waals surface area contributed by atoms with E-state index in [2.05, 4.69) is 31.6 Å². The van der Waals surface area contributed by atoms with Crippen molar-refractivity contribution in [1.29, 1.82) is 0 Å². The Morgan fingerprint density at radius 2 is 1.63 bits per heavy atom. The first-order valence-corrected chi connectivity index (χ1v) is 17.6. The minimum Gasteiger partial charge on any atom is -0.481 e. The SMILES string of the molecule is NC(=O)C1CSSCCC(=O)NC(CCCCN=C(N)N)C(=O)NCC(=O)NC(CC(=O)O)C(=O)Nc2cc(c3ccccc3c2)C(=O)N1. The van der Waals surface area contributed by atoms with E-state index in [4.69, 9.17) is 17.2 Å². The molecule has 3 rings (SSSR count). The van der Waals surface area contributed by atoms with E-state index in [0.717, 1.165) is 0 Å². The first-order chi connectivity index (χ1) is 23.3. The van der Waals surface area contributed by atoms with Gasteiger partial charge in [-0.25, -0.2) is 0 Å². The number of carboxylic acids is 1. The van der Waals surface area contributed by atoms with E-state index in [-0.39, 0.29) is 35.8 Å². The van der Waals surface area contributed by atoms with Crippen LogP contribution in [0.15, 0.2) is 41.4 Å². The molecule has 2 bridgehead atoms. The molecule has 6 amide bonds. The number of carbonyl (C=O) groups excluding carboxylic acids is 6. The summed E-state index contributed by atoms with van der Waals surface area (Å²) in [5, 5.41) is 23.0. The molecular weight excluding hydrogens is 679 g/mol. The lowest BCUT2D eigenvalue weighted by Gasteiger charge is -2.20. The second-order valence-corrected chi connectivity index (χ2v) is 13.5. The van der Waals surface area contributed by atoms with Crippen molar-refractivity contribution in [2.45, 2.75) is 50.2 Å². The van der Waals surface area contributed by atoms with Crippen molar-refractivity contribution in [3.8, 4) is 0 Å². The van der Waals surface area contributed by atoms with Gasteiger partial charge < -0.3 is 48.9 Å². The Bertz CT molecular complexity index is 1600. The van der Waals surface area contributed by atoms with Crippen molar-refractivity contribution in [2.75, 3.05) is 29.9 Å². The van der Waals surface area contributed by atoms with Crippen LogP contribution < -0.4 is 43.8 Å². The number of rotatable bonds is 8. The van der Waals surface area contributed by atoms with Crippen LogP contribution in [0, 0.1) is 0 Å². The molecule has 0 saturated carbocycles. The van der Waals surface area contributed by atoms with Crippen LogP contribution in [0.1, 0.15) is 42.5 Å². The molecule has 3 atom stereocenters. The highest BCUT2D eigenvalue weighted by Crippen LogP contribution is 2.26. The van der Waals surface area contributed by atoms with E-state index in [1.165, 1.54) is 27.7 Å². The molecule has 2 aromatic rings. The van der Waals surface area contributed by atoms with Crippen molar-refractivity contribution in [3.05, 3.63) is 42.0 Å². The number of hydrogen-bond acceptors (Lipinski definition) is 10. The topological polar surface area (TPSA) is 290 Å². The summed E-state index contributed by atoms with van der Waals surface area (Å²) in [6.45, 7) is -0.308. The van der Waals surface area contributed by atoms with Crippen LogP contribution in [-0.2, 0) is 28.8 Å². The predicted molar refractivity (Wildman–Crippen MR) is 186 cm³/mol. The summed E-state index contributed by atoms with van der Waals surface area (Å²) < 4.78 is 0. The molecular formula is C30H39N9O8S2. The molecule has 0 fully saturated rings. The van der Waals surface area contributed by atoms with Crippen molar-refractivity contribution in [2.24, 2.45) is 22.2 Å². The van der Waals surface area contributed by atoms with Crippen LogP contribution in [0.5, 0.6) is 0 Å². The van der Waals surface area contributed by atoms with Crippen molar-refractivity contribution in [3.63, 3.8) is 0 Å². The molecule has 19 heteroatoms. The largest absolute Gasteiger partial charge is 0.481 e. The lowest BCUT2D eigenvalue weighted by atomic mass is 10.0. The molecule has 17 nitrogen and oxygen atoms in total. The third-order valence-electron chi connectivity index (χ3n) is 7.05. The smallest absolute Gasteiger partial charge is 0.305 e. The molecule has 0 spiro atoms. The maximum atomic E-state index is 13.4. The summed E-state index contributed by atoms with van der Waals surface area (Å²) in [6.07, 6.45) is 0.361. The number of hydrogen-bond donors (Lipinski definition) is 9. The Kier molecular flexibility index (Phi) is 15.0. The van der Waals surface area contributed by atoms with Crippen molar-refractivity contribution >= 4 is 85.4 Å². The highest BCUT2D eigenvalue weighted by atomic mass is 33.1. The van der Waals surface area contributed by atoms with Gasteiger partial charge in [-0.3, -0.25) is 38.6 Å². The Labute approximate surface area is 289 Å². The van der Waals surface area contributed by atoms with Gasteiger partial charge in [-0.2, -0.15) is 0 Å². The van der Waals surface area contributed by atoms with Crippen LogP contribution in [0.3, 0.4) is 0 Å². The Morgan fingerprint density at radius 3 is 2.35 bits per heavy atom. The van der Waals surface area contributed by atoms with Crippen LogP contribution in [0.4, 0.5) is 5.69 Å². The third-order valence-corrected chi connectivity index (χ3v) is 9.47. The van der Waals surface area contributed by atoms with E-state index in [1.54, 1.807) is 30.3 Å². The van der Waals surface area contributed by atoms with Gasteiger partial charge in [-0.15, -0.1) is 0 Å². The third kappa shape index (κ3) is 12.8. The van der Waals surface area contributed by atoms with Crippen LogP contribution in [0.25, 0.3) is 10.8 Å². The Morgan fingerprint density at radius 1 is 0.898 bits per heavy atom. The van der Waals surface area contributed by atoms with E-state index in [0.29, 0.717) is 35.9 Å². The first-order valence-electron chi connectivity index (χ1n) is 15.2. The Hall–Kier alpha value is -5.04. The first kappa shape index (κ1) is 38.4. The number of aliphatic carboxylic acids is 1. The molecule has 0 aromatic heterocycles. The van der Waals surface area contributed by atoms with Gasteiger partial charge in [0.05, 0.1) is 13.0 Å². The minimum absolute atomic E-state index is 0.00823. The fraction of sp³-hybridized carbons (Fsp3) is 0.400. The number of carbonyl (C=O) groups is 7. The van der Waals surface area contributed by atoms with Gasteiger partial charge in [-0.1, -0.05) is 45.9 Å². The summed E-state index contributed by atoms with van der Waals surface area (Å²) in [5.74, 6) is -5.41. The molecule has 1 aliphatic heterocycles. The van der Waals surface area contributed by atoms with Gasteiger partial charge in [0.15, 0.2) is 5.96 Å². The average Bonchev–Trinajstić information content (AvgIpc) is 3.04. The van der Waals surface area contributed by atoms with E-state index in [9.17, 15) is 38.7 Å². The lowest BCUT2D eigenvalue weighted by Crippen LogP contribution is -2.51. The van der Waals surface area contributed by atoms with Crippen LogP contribution >= 0.6 is 21.6 Å². The molecule has 0 aliphatic carbocycles. The fourth-order valence-corrected chi connectivity index (χ4v) is 6.83. The molecule has 49 heavy (non-hydrogen) atoms. The van der Waals surface area contributed by atoms with Crippen molar-refractivity contribution in [1.82, 2.24) is 21.3 Å². The number of amides is 6.